The van der Waals surface area contributed by atoms with Crippen molar-refractivity contribution in [2.45, 2.75) is 25.9 Å². The molecule has 4 N–H and O–H groups in total. The molecule has 1 atom stereocenters. The number of amides is 2. The zero-order valence-electron chi connectivity index (χ0n) is 11.8. The van der Waals surface area contributed by atoms with Crippen LogP contribution in [-0.2, 0) is 16.1 Å². The summed E-state index contributed by atoms with van der Waals surface area (Å²) in [5.41, 5.74) is -0.931. The van der Waals surface area contributed by atoms with Gasteiger partial charge < -0.3 is 15.6 Å². The summed E-state index contributed by atoms with van der Waals surface area (Å²) in [7, 11) is 0. The highest BCUT2D eigenvalue weighted by atomic mass is 32.2. The molecule has 0 aromatic carbocycles. The van der Waals surface area contributed by atoms with Crippen LogP contribution < -0.4 is 21.9 Å². The predicted octanol–water partition coefficient (Wildman–Crippen LogP) is -1.06. The topological polar surface area (TPSA) is 124 Å². The first-order chi connectivity index (χ1) is 9.93. The lowest BCUT2D eigenvalue weighted by atomic mass is 10.2. The molecule has 21 heavy (non-hydrogen) atoms. The maximum Gasteiger partial charge on any atom is 0.325 e. The van der Waals surface area contributed by atoms with Gasteiger partial charge >= 0.3 is 5.69 Å². The number of nitrogens with one attached hydrogen (secondary N) is 4. The van der Waals surface area contributed by atoms with Gasteiger partial charge in [0.25, 0.3) is 5.56 Å². The van der Waals surface area contributed by atoms with Gasteiger partial charge in [-0.25, -0.2) is 4.79 Å². The van der Waals surface area contributed by atoms with Crippen molar-refractivity contribution >= 4 is 23.6 Å². The van der Waals surface area contributed by atoms with Gasteiger partial charge in [0, 0.05) is 19.7 Å². The van der Waals surface area contributed by atoms with E-state index in [1.807, 2.05) is 6.26 Å². The molecule has 9 heteroatoms. The van der Waals surface area contributed by atoms with Crippen LogP contribution in [0.25, 0.3) is 0 Å². The number of carbonyl (C=O) groups is 2. The Bertz CT molecular complexity index is 610. The molecule has 0 unspecified atom stereocenters. The van der Waals surface area contributed by atoms with Gasteiger partial charge in [0.2, 0.25) is 11.8 Å². The van der Waals surface area contributed by atoms with Crippen molar-refractivity contribution in [2.24, 2.45) is 0 Å². The van der Waals surface area contributed by atoms with Crippen molar-refractivity contribution in [1.82, 2.24) is 20.6 Å². The molecule has 0 fully saturated rings. The fourth-order valence-corrected chi connectivity index (χ4v) is 2.10. The van der Waals surface area contributed by atoms with E-state index in [1.54, 1.807) is 11.8 Å². The van der Waals surface area contributed by atoms with Crippen LogP contribution in [0, 0.1) is 0 Å². The summed E-state index contributed by atoms with van der Waals surface area (Å²) in [6.45, 7) is 1.31. The Labute approximate surface area is 125 Å². The van der Waals surface area contributed by atoms with E-state index < -0.39 is 17.3 Å². The molecule has 0 spiro atoms. The van der Waals surface area contributed by atoms with Crippen molar-refractivity contribution in [3.05, 3.63) is 32.6 Å². The second kappa shape index (κ2) is 8.30. The predicted molar refractivity (Wildman–Crippen MR) is 80.1 cm³/mol. The summed E-state index contributed by atoms with van der Waals surface area (Å²) in [6.07, 6.45) is 3.65. The van der Waals surface area contributed by atoms with E-state index in [1.165, 1.54) is 13.1 Å². The number of hydrogen-bond donors (Lipinski definition) is 4. The zero-order valence-corrected chi connectivity index (χ0v) is 12.6. The minimum Gasteiger partial charge on any atom is -0.350 e. The third-order valence-electron chi connectivity index (χ3n) is 2.65. The zero-order chi connectivity index (χ0) is 15.8. The monoisotopic (exact) mass is 314 g/mol. The first-order valence-electron chi connectivity index (χ1n) is 6.28. The molecular formula is C12H18N4O4S. The van der Waals surface area contributed by atoms with E-state index in [4.69, 9.17) is 0 Å². The molecule has 1 aromatic heterocycles. The van der Waals surface area contributed by atoms with Crippen molar-refractivity contribution in [2.75, 3.05) is 12.0 Å². The molecule has 8 nitrogen and oxygen atoms in total. The normalized spacial score (nSPS) is 11.7. The van der Waals surface area contributed by atoms with Gasteiger partial charge in [0.15, 0.2) is 0 Å². The second-order valence-electron chi connectivity index (χ2n) is 4.35. The average Bonchev–Trinajstić information content (AvgIpc) is 2.41. The summed E-state index contributed by atoms with van der Waals surface area (Å²) in [6, 6.07) is -0.642. The number of carbonyl (C=O) groups excluding carboxylic acids is 2. The molecule has 1 heterocycles. The second-order valence-corrected chi connectivity index (χ2v) is 5.34. The fraction of sp³-hybridized carbons (Fsp3) is 0.500. The molecule has 0 aliphatic rings. The molecule has 116 valence electrons. The van der Waals surface area contributed by atoms with E-state index in [0.717, 1.165) is 5.75 Å². The number of rotatable bonds is 7. The Morgan fingerprint density at radius 2 is 2.10 bits per heavy atom. The summed E-state index contributed by atoms with van der Waals surface area (Å²) in [5.74, 6) is 0.0560. The van der Waals surface area contributed by atoms with Gasteiger partial charge in [0.05, 0.1) is 5.56 Å². The van der Waals surface area contributed by atoms with Crippen molar-refractivity contribution in [1.29, 1.82) is 0 Å². The molecule has 0 bridgehead atoms. The van der Waals surface area contributed by atoms with Crippen molar-refractivity contribution < 1.29 is 9.59 Å². The van der Waals surface area contributed by atoms with Gasteiger partial charge in [-0.15, -0.1) is 0 Å². The summed E-state index contributed by atoms with van der Waals surface area (Å²) < 4.78 is 0. The van der Waals surface area contributed by atoms with Crippen LogP contribution in [-0.4, -0.2) is 39.8 Å². The van der Waals surface area contributed by atoms with E-state index >= 15 is 0 Å². The molecule has 1 aromatic rings. The highest BCUT2D eigenvalue weighted by Gasteiger charge is 2.18. The minimum absolute atomic E-state index is 0.0275. The third kappa shape index (κ3) is 5.86. The largest absolute Gasteiger partial charge is 0.350 e. The number of aromatic amines is 2. The summed E-state index contributed by atoms with van der Waals surface area (Å²) in [5, 5.41) is 5.14. The van der Waals surface area contributed by atoms with Crippen LogP contribution in [0.1, 0.15) is 18.9 Å². The maximum atomic E-state index is 12.0. The SMILES string of the molecule is CSCC[C@H](NC(C)=O)C(=O)NCc1c[nH]c(=O)[nH]c1=O. The van der Waals surface area contributed by atoms with Crippen LogP contribution in [0.2, 0.25) is 0 Å². The van der Waals surface area contributed by atoms with Crippen LogP contribution in [0.15, 0.2) is 15.8 Å². The first kappa shape index (κ1) is 17.0. The van der Waals surface area contributed by atoms with Crippen LogP contribution in [0.4, 0.5) is 0 Å². The summed E-state index contributed by atoms with van der Waals surface area (Å²) >= 11 is 1.57. The molecule has 0 aliphatic carbocycles. The molecule has 1 rings (SSSR count). The van der Waals surface area contributed by atoms with Crippen LogP contribution in [0.3, 0.4) is 0 Å². The van der Waals surface area contributed by atoms with E-state index in [0.29, 0.717) is 6.42 Å². The molecule has 0 aliphatic heterocycles. The van der Waals surface area contributed by atoms with Gasteiger partial charge in [0.1, 0.15) is 6.04 Å². The van der Waals surface area contributed by atoms with E-state index in [-0.39, 0.29) is 23.9 Å². The number of thioether (sulfide) groups is 1. The van der Waals surface area contributed by atoms with Crippen molar-refractivity contribution in [3.8, 4) is 0 Å². The lowest BCUT2D eigenvalue weighted by molar-refractivity contribution is -0.128. The molecule has 0 saturated heterocycles. The Hall–Kier alpha value is -2.03. The van der Waals surface area contributed by atoms with Gasteiger partial charge in [-0.1, -0.05) is 0 Å². The third-order valence-corrected chi connectivity index (χ3v) is 3.30. The number of hydrogen-bond acceptors (Lipinski definition) is 5. The van der Waals surface area contributed by atoms with Crippen LogP contribution in [0.5, 0.6) is 0 Å². The number of aromatic nitrogens is 2. The highest BCUT2D eigenvalue weighted by Crippen LogP contribution is 2.01. The lowest BCUT2D eigenvalue weighted by Gasteiger charge is -2.17. The fourth-order valence-electron chi connectivity index (χ4n) is 1.62. The Balaban J connectivity index is 2.65. The van der Waals surface area contributed by atoms with Gasteiger partial charge in [-0.05, 0) is 18.4 Å². The maximum absolute atomic E-state index is 12.0. The first-order valence-corrected chi connectivity index (χ1v) is 7.68. The highest BCUT2D eigenvalue weighted by molar-refractivity contribution is 7.98. The standard InChI is InChI=1S/C12H18N4O4S/c1-7(17)15-9(3-4-21-2)11(19)13-5-8-6-14-12(20)16-10(8)18/h6,9H,3-5H2,1-2H3,(H,13,19)(H,15,17)(H2,14,16,18,20)/t9-/m0/s1. The number of H-pyrrole nitrogens is 2. The Morgan fingerprint density at radius 3 is 2.67 bits per heavy atom. The van der Waals surface area contributed by atoms with Crippen LogP contribution >= 0.6 is 11.8 Å². The molecule has 2 amide bonds. The Morgan fingerprint density at radius 1 is 1.38 bits per heavy atom. The Kier molecular flexibility index (Phi) is 6.73. The minimum atomic E-state index is -0.642. The van der Waals surface area contributed by atoms with Gasteiger partial charge in [-0.3, -0.25) is 19.4 Å². The molecular weight excluding hydrogens is 296 g/mol. The lowest BCUT2D eigenvalue weighted by Crippen LogP contribution is -2.46. The molecule has 0 saturated carbocycles. The van der Waals surface area contributed by atoms with E-state index in [2.05, 4.69) is 20.6 Å². The van der Waals surface area contributed by atoms with Crippen molar-refractivity contribution in [3.63, 3.8) is 0 Å². The smallest absolute Gasteiger partial charge is 0.325 e. The quantitative estimate of drug-likeness (QED) is 0.510. The van der Waals surface area contributed by atoms with E-state index in [9.17, 15) is 19.2 Å². The molecule has 0 radical (unpaired) electrons. The average molecular weight is 314 g/mol. The van der Waals surface area contributed by atoms with Gasteiger partial charge in [-0.2, -0.15) is 11.8 Å². The summed E-state index contributed by atoms with van der Waals surface area (Å²) in [4.78, 5) is 49.9.